The van der Waals surface area contributed by atoms with Crippen LogP contribution in [0.1, 0.15) is 18.2 Å². The van der Waals surface area contributed by atoms with Crippen LogP contribution in [0.3, 0.4) is 0 Å². The molecule has 0 amide bonds. The van der Waals surface area contributed by atoms with Gasteiger partial charge in [-0.15, -0.1) is 11.3 Å². The van der Waals surface area contributed by atoms with Gasteiger partial charge in [0.05, 0.1) is 4.90 Å². The summed E-state index contributed by atoms with van der Waals surface area (Å²) < 4.78 is 31.6. The van der Waals surface area contributed by atoms with Crippen molar-refractivity contribution in [1.29, 1.82) is 0 Å². The topological polar surface area (TPSA) is 81.4 Å². The van der Waals surface area contributed by atoms with Gasteiger partial charge in [-0.05, 0) is 24.8 Å². The van der Waals surface area contributed by atoms with Crippen molar-refractivity contribution in [1.82, 2.24) is 4.72 Å². The SMILES string of the molecule is COCCC(C)NS(=O)(=O)c1ccsc1CN. The molecule has 0 radical (unpaired) electrons. The van der Waals surface area contributed by atoms with E-state index in [1.54, 1.807) is 18.6 Å². The lowest BCUT2D eigenvalue weighted by Crippen LogP contribution is -2.33. The molecule has 1 heterocycles. The first-order valence-corrected chi connectivity index (χ1v) is 7.65. The van der Waals surface area contributed by atoms with Crippen molar-refractivity contribution < 1.29 is 13.2 Å². The molecule has 0 spiro atoms. The van der Waals surface area contributed by atoms with Crippen LogP contribution in [0.25, 0.3) is 0 Å². The third kappa shape index (κ3) is 4.04. The van der Waals surface area contributed by atoms with E-state index < -0.39 is 10.0 Å². The van der Waals surface area contributed by atoms with Crippen LogP contribution in [-0.4, -0.2) is 28.2 Å². The summed E-state index contributed by atoms with van der Waals surface area (Å²) in [5, 5.41) is 1.73. The molecule has 5 nitrogen and oxygen atoms in total. The number of sulfonamides is 1. The molecule has 17 heavy (non-hydrogen) atoms. The van der Waals surface area contributed by atoms with E-state index in [1.165, 1.54) is 11.3 Å². The highest BCUT2D eigenvalue weighted by atomic mass is 32.2. The highest BCUT2D eigenvalue weighted by Crippen LogP contribution is 2.21. The summed E-state index contributed by atoms with van der Waals surface area (Å²) in [5.74, 6) is 0. The van der Waals surface area contributed by atoms with Crippen molar-refractivity contribution in [3.8, 4) is 0 Å². The molecule has 0 aliphatic rings. The van der Waals surface area contributed by atoms with Crippen molar-refractivity contribution in [3.05, 3.63) is 16.3 Å². The summed E-state index contributed by atoms with van der Waals surface area (Å²) >= 11 is 1.35. The maximum Gasteiger partial charge on any atom is 0.241 e. The molecular weight excluding hydrogens is 260 g/mol. The predicted molar refractivity (Wildman–Crippen MR) is 68.5 cm³/mol. The summed E-state index contributed by atoms with van der Waals surface area (Å²) in [7, 11) is -1.87. The van der Waals surface area contributed by atoms with E-state index in [-0.39, 0.29) is 17.5 Å². The Hall–Kier alpha value is -0.470. The van der Waals surface area contributed by atoms with Gasteiger partial charge in [-0.2, -0.15) is 0 Å². The fraction of sp³-hybridized carbons (Fsp3) is 0.600. The number of hydrogen-bond acceptors (Lipinski definition) is 5. The Morgan fingerprint density at radius 1 is 1.59 bits per heavy atom. The Balaban J connectivity index is 2.75. The quantitative estimate of drug-likeness (QED) is 0.777. The molecule has 0 aliphatic heterocycles. The van der Waals surface area contributed by atoms with Gasteiger partial charge in [-0.1, -0.05) is 0 Å². The van der Waals surface area contributed by atoms with Gasteiger partial charge in [0.25, 0.3) is 0 Å². The fourth-order valence-electron chi connectivity index (χ4n) is 1.40. The van der Waals surface area contributed by atoms with E-state index in [9.17, 15) is 8.42 Å². The lowest BCUT2D eigenvalue weighted by molar-refractivity contribution is 0.188. The van der Waals surface area contributed by atoms with E-state index in [4.69, 9.17) is 10.5 Å². The first kappa shape index (κ1) is 14.6. The van der Waals surface area contributed by atoms with Gasteiger partial charge in [0.1, 0.15) is 0 Å². The number of rotatable bonds is 7. The van der Waals surface area contributed by atoms with Gasteiger partial charge in [-0.3, -0.25) is 0 Å². The van der Waals surface area contributed by atoms with E-state index in [0.29, 0.717) is 17.9 Å². The third-order valence-corrected chi connectivity index (χ3v) is 5.04. The zero-order valence-electron chi connectivity index (χ0n) is 9.97. The van der Waals surface area contributed by atoms with Crippen LogP contribution in [-0.2, 0) is 21.3 Å². The van der Waals surface area contributed by atoms with E-state index in [0.717, 1.165) is 0 Å². The van der Waals surface area contributed by atoms with Gasteiger partial charge >= 0.3 is 0 Å². The Labute approximate surface area is 106 Å². The first-order chi connectivity index (χ1) is 8.01. The van der Waals surface area contributed by atoms with Gasteiger partial charge in [0.15, 0.2) is 0 Å². The van der Waals surface area contributed by atoms with Crippen molar-refractivity contribution in [2.45, 2.75) is 30.8 Å². The highest BCUT2D eigenvalue weighted by molar-refractivity contribution is 7.89. The van der Waals surface area contributed by atoms with Gasteiger partial charge in [0, 0.05) is 31.2 Å². The Morgan fingerprint density at radius 3 is 2.88 bits per heavy atom. The predicted octanol–water partition coefficient (Wildman–Crippen LogP) is 0.910. The van der Waals surface area contributed by atoms with Gasteiger partial charge < -0.3 is 10.5 Å². The average molecular weight is 278 g/mol. The molecule has 0 bridgehead atoms. The number of hydrogen-bond donors (Lipinski definition) is 2. The van der Waals surface area contributed by atoms with Crippen LogP contribution in [0, 0.1) is 0 Å². The van der Waals surface area contributed by atoms with Crippen LogP contribution in [0.5, 0.6) is 0 Å². The van der Waals surface area contributed by atoms with E-state index in [1.807, 2.05) is 6.92 Å². The largest absolute Gasteiger partial charge is 0.385 e. The number of nitrogens with two attached hydrogens (primary N) is 1. The van der Waals surface area contributed by atoms with Crippen LogP contribution in [0.4, 0.5) is 0 Å². The molecule has 1 unspecified atom stereocenters. The normalized spacial score (nSPS) is 13.8. The molecule has 7 heteroatoms. The number of methoxy groups -OCH3 is 1. The van der Waals surface area contributed by atoms with E-state index >= 15 is 0 Å². The van der Waals surface area contributed by atoms with Gasteiger partial charge in [0.2, 0.25) is 10.0 Å². The maximum absolute atomic E-state index is 12.0. The van der Waals surface area contributed by atoms with Crippen LogP contribution >= 0.6 is 11.3 Å². The van der Waals surface area contributed by atoms with Gasteiger partial charge in [-0.25, -0.2) is 13.1 Å². The molecular formula is C10H18N2O3S2. The summed E-state index contributed by atoms with van der Waals surface area (Å²) in [6, 6.07) is 1.42. The Bertz CT molecular complexity index is 442. The van der Waals surface area contributed by atoms with Crippen LogP contribution < -0.4 is 10.5 Å². The monoisotopic (exact) mass is 278 g/mol. The summed E-state index contributed by atoms with van der Waals surface area (Å²) in [6.45, 7) is 2.57. The summed E-state index contributed by atoms with van der Waals surface area (Å²) in [4.78, 5) is 0.964. The molecule has 1 rings (SSSR count). The highest BCUT2D eigenvalue weighted by Gasteiger charge is 2.21. The van der Waals surface area contributed by atoms with Crippen molar-refractivity contribution in [3.63, 3.8) is 0 Å². The zero-order chi connectivity index (χ0) is 12.9. The number of nitrogens with one attached hydrogen (secondary N) is 1. The zero-order valence-corrected chi connectivity index (χ0v) is 11.6. The minimum absolute atomic E-state index is 0.162. The second kappa shape index (κ2) is 6.46. The molecule has 0 aliphatic carbocycles. The molecule has 0 fully saturated rings. The summed E-state index contributed by atoms with van der Waals surface area (Å²) in [6.07, 6.45) is 0.637. The van der Waals surface area contributed by atoms with Crippen molar-refractivity contribution in [2.24, 2.45) is 5.73 Å². The molecule has 1 aromatic rings. The standard InChI is InChI=1S/C10H18N2O3S2/c1-8(3-5-15-2)12-17(13,14)10-4-6-16-9(10)7-11/h4,6,8,12H,3,5,7,11H2,1-2H3. The molecule has 0 saturated heterocycles. The Morgan fingerprint density at radius 2 is 2.29 bits per heavy atom. The molecule has 0 aromatic carbocycles. The molecule has 1 aromatic heterocycles. The smallest absolute Gasteiger partial charge is 0.241 e. The minimum Gasteiger partial charge on any atom is -0.385 e. The second-order valence-corrected chi connectivity index (χ2v) is 6.40. The van der Waals surface area contributed by atoms with Crippen LogP contribution in [0.15, 0.2) is 16.3 Å². The first-order valence-electron chi connectivity index (χ1n) is 5.29. The van der Waals surface area contributed by atoms with Crippen molar-refractivity contribution in [2.75, 3.05) is 13.7 Å². The lowest BCUT2D eigenvalue weighted by Gasteiger charge is -2.13. The van der Waals surface area contributed by atoms with Crippen LogP contribution in [0.2, 0.25) is 0 Å². The summed E-state index contributed by atoms with van der Waals surface area (Å²) in [5.41, 5.74) is 5.50. The fourth-order valence-corrected chi connectivity index (χ4v) is 4.01. The Kier molecular flexibility index (Phi) is 5.54. The average Bonchev–Trinajstić information content (AvgIpc) is 2.74. The third-order valence-electron chi connectivity index (χ3n) is 2.29. The van der Waals surface area contributed by atoms with Crippen molar-refractivity contribution >= 4 is 21.4 Å². The number of thiophene rings is 1. The van der Waals surface area contributed by atoms with E-state index in [2.05, 4.69) is 4.72 Å². The second-order valence-electron chi connectivity index (χ2n) is 3.72. The molecule has 3 N–H and O–H groups in total. The molecule has 1 atom stereocenters. The number of ether oxygens (including phenoxy) is 1. The minimum atomic E-state index is -3.46. The molecule has 98 valence electrons. The molecule has 0 saturated carbocycles. The lowest BCUT2D eigenvalue weighted by atomic mass is 10.3. The maximum atomic E-state index is 12.0.